The molecular weight excluding hydrogens is 351 g/mol. The molecule has 3 rings (SSSR count). The zero-order chi connectivity index (χ0) is 19.4. The Morgan fingerprint density at radius 1 is 1.19 bits per heavy atom. The van der Waals surface area contributed by atoms with Gasteiger partial charge in [0.2, 0.25) is 11.8 Å². The van der Waals surface area contributed by atoms with E-state index in [4.69, 9.17) is 4.74 Å². The second-order valence-electron chi connectivity index (χ2n) is 6.14. The van der Waals surface area contributed by atoms with Crippen LogP contribution < -0.4 is 10.2 Å². The van der Waals surface area contributed by atoms with E-state index in [0.717, 1.165) is 0 Å². The van der Waals surface area contributed by atoms with Gasteiger partial charge < -0.3 is 15.0 Å². The molecule has 7 heteroatoms. The summed E-state index contributed by atoms with van der Waals surface area (Å²) in [5.41, 5.74) is 1.14. The van der Waals surface area contributed by atoms with Gasteiger partial charge in [-0.1, -0.05) is 12.1 Å². The molecule has 2 aromatic rings. The molecule has 1 aliphatic rings. The predicted octanol–water partition coefficient (Wildman–Crippen LogP) is 2.99. The highest BCUT2D eigenvalue weighted by molar-refractivity contribution is 6.06. The number of anilines is 2. The summed E-state index contributed by atoms with van der Waals surface area (Å²) < 4.78 is 18.1. The molecule has 1 atom stereocenters. The van der Waals surface area contributed by atoms with Gasteiger partial charge in [0.1, 0.15) is 5.82 Å². The third kappa shape index (κ3) is 4.13. The van der Waals surface area contributed by atoms with Crippen LogP contribution in [0.15, 0.2) is 48.5 Å². The average molecular weight is 370 g/mol. The van der Waals surface area contributed by atoms with Crippen molar-refractivity contribution in [1.82, 2.24) is 0 Å². The van der Waals surface area contributed by atoms with Gasteiger partial charge in [-0.25, -0.2) is 9.18 Å². The van der Waals surface area contributed by atoms with Crippen LogP contribution >= 0.6 is 0 Å². The van der Waals surface area contributed by atoms with Crippen molar-refractivity contribution in [2.24, 2.45) is 5.92 Å². The van der Waals surface area contributed by atoms with E-state index in [9.17, 15) is 18.8 Å². The number of esters is 1. The number of halogens is 1. The Balaban J connectivity index is 1.72. The molecule has 0 bridgehead atoms. The smallest absolute Gasteiger partial charge is 0.340 e. The monoisotopic (exact) mass is 370 g/mol. The fourth-order valence-corrected chi connectivity index (χ4v) is 2.97. The van der Waals surface area contributed by atoms with Crippen LogP contribution in [0, 0.1) is 11.7 Å². The number of carbonyl (C=O) groups excluding carboxylic acids is 3. The molecule has 1 fully saturated rings. The Hall–Kier alpha value is -3.22. The maximum atomic E-state index is 13.1. The summed E-state index contributed by atoms with van der Waals surface area (Å²) in [5, 5.41) is 2.71. The molecule has 0 radical (unpaired) electrons. The number of ether oxygens (including phenoxy) is 1. The lowest BCUT2D eigenvalue weighted by molar-refractivity contribution is -0.122. The van der Waals surface area contributed by atoms with Crippen molar-refractivity contribution in [1.29, 1.82) is 0 Å². The van der Waals surface area contributed by atoms with E-state index in [1.807, 2.05) is 0 Å². The normalized spacial score (nSPS) is 16.3. The fourth-order valence-electron chi connectivity index (χ4n) is 2.97. The third-order valence-electron chi connectivity index (χ3n) is 4.31. The number of carbonyl (C=O) groups is 3. The molecule has 0 unspecified atom stereocenters. The predicted molar refractivity (Wildman–Crippen MR) is 97.9 cm³/mol. The van der Waals surface area contributed by atoms with Gasteiger partial charge in [-0.3, -0.25) is 9.59 Å². The molecule has 6 nitrogen and oxygen atoms in total. The molecule has 1 N–H and O–H groups in total. The number of rotatable bonds is 5. The van der Waals surface area contributed by atoms with Crippen LogP contribution in [0.2, 0.25) is 0 Å². The van der Waals surface area contributed by atoms with Crippen molar-refractivity contribution < 1.29 is 23.5 Å². The van der Waals surface area contributed by atoms with Gasteiger partial charge in [0.15, 0.2) is 0 Å². The number of nitrogens with zero attached hydrogens (tertiary/aromatic N) is 1. The third-order valence-corrected chi connectivity index (χ3v) is 4.31. The van der Waals surface area contributed by atoms with Crippen LogP contribution in [0.4, 0.5) is 15.8 Å². The molecule has 0 aromatic heterocycles. The lowest BCUT2D eigenvalue weighted by Gasteiger charge is -2.17. The van der Waals surface area contributed by atoms with Gasteiger partial charge in [-0.15, -0.1) is 0 Å². The number of hydrogen-bond donors (Lipinski definition) is 1. The van der Waals surface area contributed by atoms with Crippen LogP contribution in [0.5, 0.6) is 0 Å². The first-order valence-electron chi connectivity index (χ1n) is 8.62. The van der Waals surface area contributed by atoms with E-state index in [1.165, 1.54) is 29.2 Å². The second-order valence-corrected chi connectivity index (χ2v) is 6.14. The van der Waals surface area contributed by atoms with Gasteiger partial charge in [0.05, 0.1) is 23.8 Å². The lowest BCUT2D eigenvalue weighted by Crippen LogP contribution is -2.28. The minimum absolute atomic E-state index is 0.0464. The molecule has 0 aliphatic carbocycles. The molecule has 27 heavy (non-hydrogen) atoms. The lowest BCUT2D eigenvalue weighted by atomic mass is 10.1. The Kier molecular flexibility index (Phi) is 5.49. The first kappa shape index (κ1) is 18.6. The maximum Gasteiger partial charge on any atom is 0.340 e. The standard InChI is InChI=1S/C20H19FN2O4/c1-2-27-20(26)16-5-3-4-6-17(16)22-19(25)13-11-18(24)23(12-13)15-9-7-14(21)8-10-15/h3-10,13H,2,11-12H2,1H3,(H,22,25)/t13-/m0/s1. The topological polar surface area (TPSA) is 75.7 Å². The number of para-hydroxylation sites is 1. The summed E-state index contributed by atoms with van der Waals surface area (Å²) in [7, 11) is 0. The minimum atomic E-state index is -0.571. The van der Waals surface area contributed by atoms with Crippen molar-refractivity contribution in [3.63, 3.8) is 0 Å². The van der Waals surface area contributed by atoms with Gasteiger partial charge >= 0.3 is 5.97 Å². The van der Waals surface area contributed by atoms with E-state index < -0.39 is 17.7 Å². The summed E-state index contributed by atoms with van der Waals surface area (Å²) in [6, 6.07) is 12.1. The largest absolute Gasteiger partial charge is 0.462 e. The summed E-state index contributed by atoms with van der Waals surface area (Å²) in [6.07, 6.45) is 0.0464. The van der Waals surface area contributed by atoms with Crippen molar-refractivity contribution >= 4 is 29.2 Å². The quantitative estimate of drug-likeness (QED) is 0.821. The molecular formula is C20H19FN2O4. The molecule has 2 aromatic carbocycles. The Labute approximate surface area is 155 Å². The number of amides is 2. The van der Waals surface area contributed by atoms with Crippen LogP contribution in [0.1, 0.15) is 23.7 Å². The molecule has 1 saturated heterocycles. The highest BCUT2D eigenvalue weighted by Gasteiger charge is 2.35. The highest BCUT2D eigenvalue weighted by atomic mass is 19.1. The second kappa shape index (κ2) is 7.99. The first-order valence-corrected chi connectivity index (χ1v) is 8.62. The van der Waals surface area contributed by atoms with E-state index in [1.54, 1.807) is 31.2 Å². The maximum absolute atomic E-state index is 13.1. The van der Waals surface area contributed by atoms with Crippen molar-refractivity contribution in [3.05, 3.63) is 59.9 Å². The molecule has 1 aliphatic heterocycles. The van der Waals surface area contributed by atoms with Crippen molar-refractivity contribution in [2.45, 2.75) is 13.3 Å². The summed E-state index contributed by atoms with van der Waals surface area (Å²) in [6.45, 7) is 2.12. The SMILES string of the molecule is CCOC(=O)c1ccccc1NC(=O)[C@H]1CC(=O)N(c2ccc(F)cc2)C1. The summed E-state index contributed by atoms with van der Waals surface area (Å²) >= 11 is 0. The molecule has 140 valence electrons. The Morgan fingerprint density at radius 3 is 2.59 bits per heavy atom. The highest BCUT2D eigenvalue weighted by Crippen LogP contribution is 2.27. The summed E-state index contributed by atoms with van der Waals surface area (Å²) in [4.78, 5) is 38.4. The van der Waals surface area contributed by atoms with E-state index >= 15 is 0 Å². The molecule has 0 saturated carbocycles. The van der Waals surface area contributed by atoms with Crippen molar-refractivity contribution in [3.8, 4) is 0 Å². The fraction of sp³-hybridized carbons (Fsp3) is 0.250. The molecule has 2 amide bonds. The van der Waals surface area contributed by atoms with Crippen LogP contribution in [-0.2, 0) is 14.3 Å². The zero-order valence-corrected chi connectivity index (χ0v) is 14.8. The number of hydrogen-bond acceptors (Lipinski definition) is 4. The summed E-state index contributed by atoms with van der Waals surface area (Å²) in [5.74, 6) is -2.05. The van der Waals surface area contributed by atoms with E-state index in [0.29, 0.717) is 11.4 Å². The van der Waals surface area contributed by atoms with Gasteiger partial charge in [0.25, 0.3) is 0 Å². The van der Waals surface area contributed by atoms with Gasteiger partial charge in [0, 0.05) is 18.7 Å². The minimum Gasteiger partial charge on any atom is -0.462 e. The van der Waals surface area contributed by atoms with Gasteiger partial charge in [-0.2, -0.15) is 0 Å². The molecule has 0 spiro atoms. The number of nitrogens with one attached hydrogen (secondary N) is 1. The average Bonchev–Trinajstić information content (AvgIpc) is 3.05. The van der Waals surface area contributed by atoms with Crippen molar-refractivity contribution in [2.75, 3.05) is 23.4 Å². The molecule has 1 heterocycles. The Bertz CT molecular complexity index is 867. The van der Waals surface area contributed by atoms with E-state index in [-0.39, 0.29) is 37.0 Å². The Morgan fingerprint density at radius 2 is 1.89 bits per heavy atom. The number of benzene rings is 2. The first-order chi connectivity index (χ1) is 13.0. The van der Waals surface area contributed by atoms with E-state index in [2.05, 4.69) is 5.32 Å². The zero-order valence-electron chi connectivity index (χ0n) is 14.8. The van der Waals surface area contributed by atoms with Crippen LogP contribution in [0.3, 0.4) is 0 Å². The van der Waals surface area contributed by atoms with Gasteiger partial charge in [-0.05, 0) is 43.3 Å². The van der Waals surface area contributed by atoms with Crippen LogP contribution in [-0.4, -0.2) is 30.9 Å². The van der Waals surface area contributed by atoms with Crippen LogP contribution in [0.25, 0.3) is 0 Å².